The van der Waals surface area contributed by atoms with Gasteiger partial charge in [-0.1, -0.05) is 20.3 Å². The fraction of sp³-hybridized carbons (Fsp3) is 0.923. The Morgan fingerprint density at radius 2 is 1.81 bits per heavy atom. The molecule has 8 heteroatoms. The first-order valence-corrected chi connectivity index (χ1v) is 9.08. The first-order valence-electron chi connectivity index (χ1n) is 7.23. The molecular weight excluding hydrogens is 403 g/mol. The number of nitrogens with zero attached hydrogens (tertiary/aromatic N) is 3. The molecule has 21 heavy (non-hydrogen) atoms. The second-order valence-electron chi connectivity index (χ2n) is 4.86. The van der Waals surface area contributed by atoms with E-state index in [4.69, 9.17) is 0 Å². The number of rotatable bonds is 9. The monoisotopic (exact) mass is 434 g/mol. The number of sulfonamides is 1. The first kappa shape index (κ1) is 23.2. The third-order valence-electron chi connectivity index (χ3n) is 3.11. The van der Waals surface area contributed by atoms with Gasteiger partial charge in [-0.3, -0.25) is 4.99 Å². The van der Waals surface area contributed by atoms with Gasteiger partial charge in [-0.2, -0.15) is 0 Å². The van der Waals surface area contributed by atoms with Crippen LogP contribution in [0.1, 0.15) is 33.1 Å². The highest BCUT2D eigenvalue weighted by molar-refractivity contribution is 14.0. The van der Waals surface area contributed by atoms with Crippen molar-refractivity contribution in [3.63, 3.8) is 0 Å². The van der Waals surface area contributed by atoms with Crippen molar-refractivity contribution in [3.05, 3.63) is 0 Å². The van der Waals surface area contributed by atoms with Crippen molar-refractivity contribution in [2.45, 2.75) is 33.1 Å². The van der Waals surface area contributed by atoms with Crippen LogP contribution >= 0.6 is 24.0 Å². The van der Waals surface area contributed by atoms with Crippen LogP contribution in [0, 0.1) is 0 Å². The molecule has 0 rings (SSSR count). The molecule has 0 aliphatic heterocycles. The maximum Gasteiger partial charge on any atom is 0.211 e. The maximum atomic E-state index is 11.4. The van der Waals surface area contributed by atoms with E-state index in [1.807, 2.05) is 14.0 Å². The van der Waals surface area contributed by atoms with E-state index in [2.05, 4.69) is 22.1 Å². The highest BCUT2D eigenvalue weighted by Gasteiger charge is 2.13. The van der Waals surface area contributed by atoms with Crippen molar-refractivity contribution in [1.82, 2.24) is 14.5 Å². The summed E-state index contributed by atoms with van der Waals surface area (Å²) in [4.78, 5) is 6.32. The number of halogens is 1. The molecule has 6 nitrogen and oxygen atoms in total. The highest BCUT2D eigenvalue weighted by Crippen LogP contribution is 1.98. The Kier molecular flexibility index (Phi) is 13.7. The summed E-state index contributed by atoms with van der Waals surface area (Å²) < 4.78 is 24.4. The van der Waals surface area contributed by atoms with E-state index in [1.54, 1.807) is 7.05 Å². The molecule has 0 atom stereocenters. The maximum absolute atomic E-state index is 11.4. The number of hydrogen-bond donors (Lipinski definition) is 1. The molecule has 0 aromatic carbocycles. The van der Waals surface area contributed by atoms with Gasteiger partial charge < -0.3 is 10.2 Å². The zero-order chi connectivity index (χ0) is 15.6. The van der Waals surface area contributed by atoms with E-state index < -0.39 is 10.0 Å². The van der Waals surface area contributed by atoms with Crippen LogP contribution in [0.2, 0.25) is 0 Å². The zero-order valence-electron chi connectivity index (χ0n) is 13.9. The van der Waals surface area contributed by atoms with Crippen LogP contribution in [0.5, 0.6) is 0 Å². The van der Waals surface area contributed by atoms with E-state index in [-0.39, 0.29) is 24.0 Å². The average molecular weight is 434 g/mol. The second kappa shape index (κ2) is 12.5. The summed E-state index contributed by atoms with van der Waals surface area (Å²) in [7, 11) is 0.693. The summed E-state index contributed by atoms with van der Waals surface area (Å²) in [5, 5.41) is 3.26. The fourth-order valence-corrected chi connectivity index (χ4v) is 2.83. The van der Waals surface area contributed by atoms with Gasteiger partial charge in [0.2, 0.25) is 10.0 Å². The lowest BCUT2D eigenvalue weighted by atomic mass is 10.3. The predicted molar refractivity (Wildman–Crippen MR) is 101 cm³/mol. The van der Waals surface area contributed by atoms with Crippen molar-refractivity contribution < 1.29 is 8.42 Å². The number of guanidine groups is 1. The molecule has 0 heterocycles. The Labute approximate surface area is 147 Å². The van der Waals surface area contributed by atoms with Gasteiger partial charge in [0.15, 0.2) is 5.96 Å². The Morgan fingerprint density at radius 3 is 2.24 bits per heavy atom. The van der Waals surface area contributed by atoms with Gasteiger partial charge in [-0.15, -0.1) is 24.0 Å². The topological polar surface area (TPSA) is 65.0 Å². The van der Waals surface area contributed by atoms with E-state index in [0.29, 0.717) is 13.1 Å². The molecule has 128 valence electrons. The molecule has 0 aromatic rings. The van der Waals surface area contributed by atoms with E-state index in [0.717, 1.165) is 38.3 Å². The molecule has 0 saturated heterocycles. The number of aliphatic imine (C=N–C) groups is 1. The molecule has 1 N–H and O–H groups in total. The standard InChI is InChI=1S/C13H30N4O2S.HI/c1-6-8-11-16(4)13(14-3)15-10-9-12-17(7-2)20(5,18)19;/h6-12H2,1-5H3,(H,14,15);1H. The number of hydrogen-bond acceptors (Lipinski definition) is 3. The van der Waals surface area contributed by atoms with Crippen molar-refractivity contribution in [3.8, 4) is 0 Å². The summed E-state index contributed by atoms with van der Waals surface area (Å²) in [6, 6.07) is 0. The van der Waals surface area contributed by atoms with Gasteiger partial charge in [0.25, 0.3) is 0 Å². The molecule has 0 unspecified atom stereocenters. The minimum Gasteiger partial charge on any atom is -0.356 e. The van der Waals surface area contributed by atoms with Crippen molar-refractivity contribution in [2.75, 3.05) is 46.5 Å². The first-order chi connectivity index (χ1) is 9.36. The molecule has 0 aliphatic rings. The molecule has 0 aliphatic carbocycles. The van der Waals surface area contributed by atoms with Crippen LogP contribution in [-0.4, -0.2) is 70.1 Å². The number of unbranched alkanes of at least 4 members (excludes halogenated alkanes) is 1. The minimum atomic E-state index is -3.08. The summed E-state index contributed by atoms with van der Waals surface area (Å²) in [5.74, 6) is 0.862. The second-order valence-corrected chi connectivity index (χ2v) is 6.84. The van der Waals surface area contributed by atoms with Crippen molar-refractivity contribution in [2.24, 2.45) is 4.99 Å². The molecular formula is C13H31IN4O2S. The third kappa shape index (κ3) is 10.3. The lowest BCUT2D eigenvalue weighted by Gasteiger charge is -2.22. The fourth-order valence-electron chi connectivity index (χ4n) is 1.90. The van der Waals surface area contributed by atoms with Crippen molar-refractivity contribution in [1.29, 1.82) is 0 Å². The van der Waals surface area contributed by atoms with E-state index in [1.165, 1.54) is 10.6 Å². The van der Waals surface area contributed by atoms with E-state index in [9.17, 15) is 8.42 Å². The predicted octanol–water partition coefficient (Wildman–Crippen LogP) is 1.58. The quantitative estimate of drug-likeness (QED) is 0.259. The van der Waals surface area contributed by atoms with Gasteiger partial charge in [0.05, 0.1) is 6.26 Å². The van der Waals surface area contributed by atoms with Gasteiger partial charge >= 0.3 is 0 Å². The smallest absolute Gasteiger partial charge is 0.211 e. The normalized spacial score (nSPS) is 12.2. The molecule has 0 saturated carbocycles. The molecule has 0 amide bonds. The van der Waals surface area contributed by atoms with Crippen LogP contribution in [0.3, 0.4) is 0 Å². The Bertz CT molecular complexity index is 388. The molecule has 0 spiro atoms. The van der Waals surface area contributed by atoms with Crippen LogP contribution in [0.25, 0.3) is 0 Å². The summed E-state index contributed by atoms with van der Waals surface area (Å²) in [6.45, 7) is 6.76. The van der Waals surface area contributed by atoms with Crippen LogP contribution in [0.4, 0.5) is 0 Å². The SMILES string of the molecule is CCCCN(C)C(=NC)NCCCN(CC)S(C)(=O)=O.I. The zero-order valence-corrected chi connectivity index (χ0v) is 17.1. The molecule has 0 radical (unpaired) electrons. The minimum absolute atomic E-state index is 0. The van der Waals surface area contributed by atoms with Crippen LogP contribution < -0.4 is 5.32 Å². The van der Waals surface area contributed by atoms with Crippen molar-refractivity contribution >= 4 is 40.0 Å². The third-order valence-corrected chi connectivity index (χ3v) is 4.49. The summed E-state index contributed by atoms with van der Waals surface area (Å²) in [6.07, 6.45) is 4.30. The summed E-state index contributed by atoms with van der Waals surface area (Å²) in [5.41, 5.74) is 0. The number of nitrogens with one attached hydrogen (secondary N) is 1. The molecule has 0 aromatic heterocycles. The lowest BCUT2D eigenvalue weighted by molar-refractivity contribution is 0.419. The molecule has 0 fully saturated rings. The highest BCUT2D eigenvalue weighted by atomic mass is 127. The van der Waals surface area contributed by atoms with Gasteiger partial charge in [0.1, 0.15) is 0 Å². The van der Waals surface area contributed by atoms with Gasteiger partial charge in [-0.25, -0.2) is 12.7 Å². The summed E-state index contributed by atoms with van der Waals surface area (Å²) >= 11 is 0. The Morgan fingerprint density at radius 1 is 1.19 bits per heavy atom. The van der Waals surface area contributed by atoms with Crippen LogP contribution in [-0.2, 0) is 10.0 Å². The Hall–Kier alpha value is -0.0900. The van der Waals surface area contributed by atoms with Gasteiger partial charge in [0, 0.05) is 40.3 Å². The Balaban J connectivity index is 0. The van der Waals surface area contributed by atoms with Crippen LogP contribution in [0.15, 0.2) is 4.99 Å². The largest absolute Gasteiger partial charge is 0.356 e. The molecule has 0 bridgehead atoms. The van der Waals surface area contributed by atoms with E-state index >= 15 is 0 Å². The average Bonchev–Trinajstić information content (AvgIpc) is 2.38. The lowest BCUT2D eigenvalue weighted by Crippen LogP contribution is -2.40. The van der Waals surface area contributed by atoms with Gasteiger partial charge in [-0.05, 0) is 12.8 Å².